The fraction of sp³-hybridized carbons (Fsp3) is 0.0833. The number of benzene rings is 1. The van der Waals surface area contributed by atoms with Gasteiger partial charge in [-0.2, -0.15) is 0 Å². The van der Waals surface area contributed by atoms with Crippen LogP contribution in [0.15, 0.2) is 41.4 Å². The number of ether oxygens (including phenoxy) is 1. The molecule has 0 saturated carbocycles. The van der Waals surface area contributed by atoms with E-state index in [1.54, 1.807) is 0 Å². The van der Waals surface area contributed by atoms with Gasteiger partial charge in [-0.3, -0.25) is 4.72 Å². The van der Waals surface area contributed by atoms with E-state index in [0.717, 1.165) is 31.7 Å². The van der Waals surface area contributed by atoms with Crippen molar-refractivity contribution in [1.82, 2.24) is 4.98 Å². The first-order valence-electron chi connectivity index (χ1n) is 5.76. The number of rotatable bonds is 5. The van der Waals surface area contributed by atoms with Crippen molar-refractivity contribution in [1.29, 1.82) is 0 Å². The Bertz CT molecular complexity index is 737. The summed E-state index contributed by atoms with van der Waals surface area (Å²) in [7, 11) is -1.81. The summed E-state index contributed by atoms with van der Waals surface area (Å²) >= 11 is 0. The summed E-state index contributed by atoms with van der Waals surface area (Å²) in [5.41, 5.74) is 0.359. The molecule has 9 heteroatoms. The smallest absolute Gasteiger partial charge is 0.328 e. The van der Waals surface area contributed by atoms with Gasteiger partial charge in [0, 0.05) is 6.20 Å². The van der Waals surface area contributed by atoms with Crippen molar-refractivity contribution in [3.05, 3.63) is 42.3 Å². The fourth-order valence-electron chi connectivity index (χ4n) is 1.59. The molecule has 0 atom stereocenters. The first-order valence-corrected chi connectivity index (χ1v) is 7.24. The number of pyridine rings is 1. The van der Waals surface area contributed by atoms with Gasteiger partial charge in [-0.1, -0.05) is 0 Å². The van der Waals surface area contributed by atoms with Crippen molar-refractivity contribution in [2.24, 2.45) is 0 Å². The zero-order valence-electron chi connectivity index (χ0n) is 10.9. The van der Waals surface area contributed by atoms with E-state index in [-0.39, 0.29) is 16.5 Å². The van der Waals surface area contributed by atoms with E-state index in [4.69, 9.17) is 9.76 Å². The Hall–Kier alpha value is -2.13. The molecule has 1 heterocycles. The highest BCUT2D eigenvalue weighted by molar-refractivity contribution is 7.92. The number of nitrogens with one attached hydrogen (secondary N) is 1. The van der Waals surface area contributed by atoms with Crippen LogP contribution in [0.3, 0.4) is 0 Å². The van der Waals surface area contributed by atoms with Gasteiger partial charge >= 0.3 is 7.48 Å². The van der Waals surface area contributed by atoms with Crippen LogP contribution >= 0.6 is 0 Å². The van der Waals surface area contributed by atoms with E-state index in [0.29, 0.717) is 5.46 Å². The van der Waals surface area contributed by atoms with E-state index in [1.165, 1.54) is 19.4 Å². The monoisotopic (exact) mass is 309 g/mol. The third-order valence-corrected chi connectivity index (χ3v) is 3.96. The van der Waals surface area contributed by atoms with Gasteiger partial charge in [-0.25, -0.2) is 17.8 Å². The SMILES string of the molecule is COc1ncc([B]O)cc1NS(=O)(=O)c1ccc(F)cc1. The van der Waals surface area contributed by atoms with Crippen molar-refractivity contribution in [3.8, 4) is 5.88 Å². The van der Waals surface area contributed by atoms with Crippen LogP contribution in [0.2, 0.25) is 0 Å². The van der Waals surface area contributed by atoms with Crippen molar-refractivity contribution < 1.29 is 22.6 Å². The standard InChI is InChI=1S/C12H11BFN2O4S/c1-20-12-11(6-8(13-17)7-15-12)16-21(18,19)10-4-2-9(14)3-5-10/h2-7,16-17H,1H3. The van der Waals surface area contributed by atoms with E-state index >= 15 is 0 Å². The molecule has 0 fully saturated rings. The third kappa shape index (κ3) is 3.50. The molecular weight excluding hydrogens is 298 g/mol. The van der Waals surface area contributed by atoms with Crippen LogP contribution in [0.4, 0.5) is 10.1 Å². The molecule has 0 saturated heterocycles. The van der Waals surface area contributed by atoms with Gasteiger partial charge < -0.3 is 9.76 Å². The maximum atomic E-state index is 12.8. The second kappa shape index (κ2) is 6.11. The number of methoxy groups -OCH3 is 1. The maximum absolute atomic E-state index is 12.8. The van der Waals surface area contributed by atoms with Gasteiger partial charge in [0.05, 0.1) is 12.0 Å². The zero-order chi connectivity index (χ0) is 15.5. The van der Waals surface area contributed by atoms with E-state index in [1.807, 2.05) is 0 Å². The first kappa shape index (κ1) is 15.3. The Morgan fingerprint density at radius 3 is 2.57 bits per heavy atom. The summed E-state index contributed by atoms with van der Waals surface area (Å²) in [4.78, 5) is 3.75. The number of hydrogen-bond acceptors (Lipinski definition) is 5. The largest absolute Gasteiger partial charge is 0.480 e. The molecule has 0 amide bonds. The predicted octanol–water partition coefficient (Wildman–Crippen LogP) is 0.267. The molecular formula is C12H11BFN2O4S. The van der Waals surface area contributed by atoms with Crippen molar-refractivity contribution in [2.45, 2.75) is 4.90 Å². The lowest BCUT2D eigenvalue weighted by atomic mass is 9.90. The molecule has 0 bridgehead atoms. The van der Waals surface area contributed by atoms with Crippen LogP contribution in [-0.4, -0.2) is 33.0 Å². The van der Waals surface area contributed by atoms with Crippen LogP contribution in [0.5, 0.6) is 5.88 Å². The van der Waals surface area contributed by atoms with Crippen LogP contribution in [0.1, 0.15) is 0 Å². The Balaban J connectivity index is 2.38. The summed E-state index contributed by atoms with van der Waals surface area (Å²) in [6.45, 7) is 0. The van der Waals surface area contributed by atoms with Gasteiger partial charge in [-0.15, -0.1) is 0 Å². The van der Waals surface area contributed by atoms with Crippen molar-refractivity contribution in [3.63, 3.8) is 0 Å². The van der Waals surface area contributed by atoms with Crippen LogP contribution in [0.25, 0.3) is 0 Å². The summed E-state index contributed by atoms with van der Waals surface area (Å²) in [6, 6.07) is 5.72. The normalized spacial score (nSPS) is 11.0. The Morgan fingerprint density at radius 2 is 2.00 bits per heavy atom. The topological polar surface area (TPSA) is 88.5 Å². The molecule has 0 aliphatic rings. The lowest BCUT2D eigenvalue weighted by molar-refractivity contribution is 0.400. The molecule has 0 aliphatic carbocycles. The Labute approximate surface area is 121 Å². The maximum Gasteiger partial charge on any atom is 0.328 e. The minimum absolute atomic E-state index is 0.0475. The highest BCUT2D eigenvalue weighted by Crippen LogP contribution is 2.23. The number of nitrogens with zero attached hydrogens (tertiary/aromatic N) is 1. The summed E-state index contributed by atoms with van der Waals surface area (Å²) in [5.74, 6) is -0.489. The molecule has 6 nitrogen and oxygen atoms in total. The van der Waals surface area contributed by atoms with Gasteiger partial charge in [-0.05, 0) is 35.8 Å². The number of sulfonamides is 1. The lowest BCUT2D eigenvalue weighted by Gasteiger charge is -2.11. The lowest BCUT2D eigenvalue weighted by Crippen LogP contribution is -2.19. The molecule has 1 aromatic heterocycles. The average molecular weight is 309 g/mol. The second-order valence-corrected chi connectivity index (χ2v) is 5.70. The van der Waals surface area contributed by atoms with Gasteiger partial charge in [0.15, 0.2) is 0 Å². The summed E-state index contributed by atoms with van der Waals surface area (Å²) in [6.07, 6.45) is 1.31. The number of aromatic nitrogens is 1. The second-order valence-electron chi connectivity index (χ2n) is 4.01. The fourth-order valence-corrected chi connectivity index (χ4v) is 2.64. The molecule has 0 aliphatic heterocycles. The van der Waals surface area contributed by atoms with E-state index in [9.17, 15) is 12.8 Å². The predicted molar refractivity (Wildman–Crippen MR) is 75.6 cm³/mol. The van der Waals surface area contributed by atoms with Crippen molar-refractivity contribution >= 4 is 28.7 Å². The van der Waals surface area contributed by atoms with Crippen LogP contribution in [-0.2, 0) is 10.0 Å². The molecule has 2 N–H and O–H groups in total. The number of hydrogen-bond donors (Lipinski definition) is 2. The zero-order valence-corrected chi connectivity index (χ0v) is 11.8. The van der Waals surface area contributed by atoms with E-state index < -0.39 is 15.8 Å². The third-order valence-electron chi connectivity index (χ3n) is 2.58. The molecule has 0 spiro atoms. The molecule has 2 rings (SSSR count). The average Bonchev–Trinajstić information content (AvgIpc) is 2.47. The Kier molecular flexibility index (Phi) is 4.44. The first-order chi connectivity index (χ1) is 9.96. The molecule has 21 heavy (non-hydrogen) atoms. The van der Waals surface area contributed by atoms with Crippen molar-refractivity contribution in [2.75, 3.05) is 11.8 Å². The van der Waals surface area contributed by atoms with Crippen LogP contribution < -0.4 is 14.9 Å². The highest BCUT2D eigenvalue weighted by atomic mass is 32.2. The summed E-state index contributed by atoms with van der Waals surface area (Å²) in [5, 5.41) is 8.95. The number of anilines is 1. The highest BCUT2D eigenvalue weighted by Gasteiger charge is 2.17. The minimum atomic E-state index is -3.92. The molecule has 1 radical (unpaired) electrons. The van der Waals surface area contributed by atoms with E-state index in [2.05, 4.69) is 9.71 Å². The van der Waals surface area contributed by atoms with Gasteiger partial charge in [0.25, 0.3) is 10.0 Å². The Morgan fingerprint density at radius 1 is 1.33 bits per heavy atom. The summed E-state index contributed by atoms with van der Waals surface area (Å²) < 4.78 is 44.5. The number of halogens is 1. The van der Waals surface area contributed by atoms with Gasteiger partial charge in [0.1, 0.15) is 11.5 Å². The molecule has 2 aromatic rings. The quantitative estimate of drug-likeness (QED) is 0.774. The van der Waals surface area contributed by atoms with Gasteiger partial charge in [0.2, 0.25) is 5.88 Å². The molecule has 109 valence electrons. The molecule has 0 unspecified atom stereocenters. The minimum Gasteiger partial charge on any atom is -0.480 e. The van der Waals surface area contributed by atoms with Crippen LogP contribution in [0, 0.1) is 5.82 Å². The molecule has 1 aromatic carbocycles.